The van der Waals surface area contributed by atoms with Crippen LogP contribution in [0.5, 0.6) is 5.75 Å². The number of hydrogen-bond donors (Lipinski definition) is 0. The fourth-order valence-corrected chi connectivity index (χ4v) is 4.07. The molecule has 1 saturated heterocycles. The first-order chi connectivity index (χ1) is 14.8. The van der Waals surface area contributed by atoms with Gasteiger partial charge in [0.2, 0.25) is 0 Å². The van der Waals surface area contributed by atoms with E-state index in [0.717, 1.165) is 5.56 Å². The lowest BCUT2D eigenvalue weighted by Crippen LogP contribution is -2.58. The minimum absolute atomic E-state index is 0.00209. The van der Waals surface area contributed by atoms with Crippen molar-refractivity contribution in [2.24, 2.45) is 0 Å². The standard InChI is InChI=1S/C23H26BrFN2O4/c1-15-12-27(16(2)11-26(15)13-17-4-7-19(25)8-5-17)22(28)14-31-21-9-6-18(24)10-20(21)23(29)30-3/h4-10,15-16H,11-14H2,1-3H3/t15-,16+/m0/s1. The van der Waals surface area contributed by atoms with Gasteiger partial charge in [-0.25, -0.2) is 9.18 Å². The fourth-order valence-electron chi connectivity index (χ4n) is 3.71. The van der Waals surface area contributed by atoms with E-state index in [4.69, 9.17) is 9.47 Å². The average Bonchev–Trinajstić information content (AvgIpc) is 2.75. The van der Waals surface area contributed by atoms with Crippen molar-refractivity contribution >= 4 is 27.8 Å². The largest absolute Gasteiger partial charge is 0.483 e. The highest BCUT2D eigenvalue weighted by Gasteiger charge is 2.32. The van der Waals surface area contributed by atoms with Crippen molar-refractivity contribution in [3.05, 3.63) is 63.9 Å². The molecule has 2 aromatic rings. The highest BCUT2D eigenvalue weighted by Crippen LogP contribution is 2.25. The van der Waals surface area contributed by atoms with Crippen molar-refractivity contribution in [1.82, 2.24) is 9.80 Å². The lowest BCUT2D eigenvalue weighted by Gasteiger charge is -2.44. The third-order valence-electron chi connectivity index (χ3n) is 5.43. The number of ether oxygens (including phenoxy) is 2. The highest BCUT2D eigenvalue weighted by atomic mass is 79.9. The number of methoxy groups -OCH3 is 1. The first-order valence-electron chi connectivity index (χ1n) is 10.1. The highest BCUT2D eigenvalue weighted by molar-refractivity contribution is 9.10. The molecule has 3 rings (SSSR count). The zero-order chi connectivity index (χ0) is 22.5. The molecule has 1 heterocycles. The summed E-state index contributed by atoms with van der Waals surface area (Å²) in [5.41, 5.74) is 1.30. The van der Waals surface area contributed by atoms with E-state index in [-0.39, 0.29) is 36.0 Å². The number of nitrogens with zero attached hydrogens (tertiary/aromatic N) is 2. The van der Waals surface area contributed by atoms with Crippen LogP contribution in [0.4, 0.5) is 4.39 Å². The number of benzene rings is 2. The van der Waals surface area contributed by atoms with Crippen LogP contribution in [0.1, 0.15) is 29.8 Å². The first-order valence-corrected chi connectivity index (χ1v) is 10.9. The van der Waals surface area contributed by atoms with Crippen LogP contribution >= 0.6 is 15.9 Å². The van der Waals surface area contributed by atoms with Gasteiger partial charge in [-0.2, -0.15) is 0 Å². The molecular weight excluding hydrogens is 467 g/mol. The summed E-state index contributed by atoms with van der Waals surface area (Å²) in [6.45, 7) is 5.87. The van der Waals surface area contributed by atoms with Gasteiger partial charge < -0.3 is 14.4 Å². The molecule has 2 aromatic carbocycles. The van der Waals surface area contributed by atoms with Crippen LogP contribution in [0, 0.1) is 5.82 Å². The van der Waals surface area contributed by atoms with Crippen molar-refractivity contribution in [3.63, 3.8) is 0 Å². The van der Waals surface area contributed by atoms with Crippen LogP contribution in [-0.2, 0) is 16.1 Å². The van der Waals surface area contributed by atoms with E-state index in [1.165, 1.54) is 19.2 Å². The minimum Gasteiger partial charge on any atom is -0.483 e. The van der Waals surface area contributed by atoms with Gasteiger partial charge in [-0.15, -0.1) is 0 Å². The molecule has 0 spiro atoms. The summed E-state index contributed by atoms with van der Waals surface area (Å²) in [5, 5.41) is 0. The number of esters is 1. The topological polar surface area (TPSA) is 59.1 Å². The van der Waals surface area contributed by atoms with Gasteiger partial charge in [-0.1, -0.05) is 28.1 Å². The summed E-state index contributed by atoms with van der Waals surface area (Å²) in [4.78, 5) is 28.9. The molecule has 1 amide bonds. The Morgan fingerprint density at radius 1 is 1.10 bits per heavy atom. The number of rotatable bonds is 6. The second-order valence-corrected chi connectivity index (χ2v) is 8.64. The third kappa shape index (κ3) is 5.83. The van der Waals surface area contributed by atoms with Gasteiger partial charge in [0.1, 0.15) is 17.1 Å². The van der Waals surface area contributed by atoms with Gasteiger partial charge in [-0.05, 0) is 49.7 Å². The zero-order valence-corrected chi connectivity index (χ0v) is 19.4. The van der Waals surface area contributed by atoms with Gasteiger partial charge in [0, 0.05) is 36.2 Å². The lowest BCUT2D eigenvalue weighted by molar-refractivity contribution is -0.139. The average molecular weight is 493 g/mol. The Morgan fingerprint density at radius 3 is 2.48 bits per heavy atom. The Balaban J connectivity index is 1.61. The molecule has 0 aliphatic carbocycles. The Kier molecular flexibility index (Phi) is 7.67. The number of hydrogen-bond acceptors (Lipinski definition) is 5. The predicted molar refractivity (Wildman–Crippen MR) is 118 cm³/mol. The predicted octanol–water partition coefficient (Wildman–Crippen LogP) is 3.88. The third-order valence-corrected chi connectivity index (χ3v) is 5.93. The molecule has 31 heavy (non-hydrogen) atoms. The maximum atomic E-state index is 13.2. The molecule has 0 radical (unpaired) electrons. The Hall–Kier alpha value is -2.45. The monoisotopic (exact) mass is 492 g/mol. The molecule has 8 heteroatoms. The quantitative estimate of drug-likeness (QED) is 0.572. The van der Waals surface area contributed by atoms with Gasteiger partial charge in [-0.3, -0.25) is 9.69 Å². The van der Waals surface area contributed by atoms with Crippen LogP contribution in [0.15, 0.2) is 46.9 Å². The van der Waals surface area contributed by atoms with Crippen molar-refractivity contribution in [3.8, 4) is 5.75 Å². The molecule has 2 atom stereocenters. The Morgan fingerprint density at radius 2 is 1.81 bits per heavy atom. The Labute approximate surface area is 190 Å². The smallest absolute Gasteiger partial charge is 0.341 e. The summed E-state index contributed by atoms with van der Waals surface area (Å²) in [5.74, 6) is -0.611. The minimum atomic E-state index is -0.528. The molecular formula is C23H26BrFN2O4. The summed E-state index contributed by atoms with van der Waals surface area (Å²) in [7, 11) is 1.30. The molecule has 1 aliphatic heterocycles. The molecule has 166 valence electrons. The van der Waals surface area contributed by atoms with Gasteiger partial charge in [0.05, 0.1) is 7.11 Å². The fraction of sp³-hybridized carbons (Fsp3) is 0.391. The maximum Gasteiger partial charge on any atom is 0.341 e. The number of carbonyl (C=O) groups excluding carboxylic acids is 2. The van der Waals surface area contributed by atoms with Gasteiger partial charge >= 0.3 is 5.97 Å². The molecule has 1 fully saturated rings. The Bertz CT molecular complexity index is 938. The molecule has 0 unspecified atom stereocenters. The van der Waals surface area contributed by atoms with E-state index in [9.17, 15) is 14.0 Å². The van der Waals surface area contributed by atoms with E-state index < -0.39 is 5.97 Å². The maximum absolute atomic E-state index is 13.2. The number of halogens is 2. The van der Waals surface area contributed by atoms with Gasteiger partial charge in [0.25, 0.3) is 5.91 Å². The summed E-state index contributed by atoms with van der Waals surface area (Å²) in [6, 6.07) is 11.6. The SMILES string of the molecule is COC(=O)c1cc(Br)ccc1OCC(=O)N1C[C@H](C)N(Cc2ccc(F)cc2)C[C@H]1C. The molecule has 1 aliphatic rings. The molecule has 0 bridgehead atoms. The van der Waals surface area contributed by atoms with E-state index in [0.29, 0.717) is 29.9 Å². The second kappa shape index (κ2) is 10.2. The summed E-state index contributed by atoms with van der Waals surface area (Å²) >= 11 is 3.32. The zero-order valence-electron chi connectivity index (χ0n) is 17.8. The van der Waals surface area contributed by atoms with Crippen molar-refractivity contribution in [2.75, 3.05) is 26.8 Å². The second-order valence-electron chi connectivity index (χ2n) is 7.72. The van der Waals surface area contributed by atoms with Crippen molar-refractivity contribution < 1.29 is 23.5 Å². The lowest BCUT2D eigenvalue weighted by atomic mass is 10.1. The normalized spacial score (nSPS) is 19.2. The van der Waals surface area contributed by atoms with E-state index in [1.54, 1.807) is 30.3 Å². The summed E-state index contributed by atoms with van der Waals surface area (Å²) in [6.07, 6.45) is 0. The van der Waals surface area contributed by atoms with Crippen molar-refractivity contribution in [2.45, 2.75) is 32.5 Å². The molecule has 6 nitrogen and oxygen atoms in total. The number of amides is 1. The number of carbonyl (C=O) groups is 2. The first kappa shape index (κ1) is 23.2. The summed E-state index contributed by atoms with van der Waals surface area (Å²) < 4.78 is 24.3. The van der Waals surface area contributed by atoms with E-state index in [1.807, 2.05) is 11.8 Å². The van der Waals surface area contributed by atoms with Crippen LogP contribution in [-0.4, -0.2) is 60.6 Å². The van der Waals surface area contributed by atoms with Gasteiger partial charge in [0.15, 0.2) is 6.61 Å². The van der Waals surface area contributed by atoms with Crippen LogP contribution in [0.2, 0.25) is 0 Å². The van der Waals surface area contributed by atoms with Crippen LogP contribution in [0.3, 0.4) is 0 Å². The molecule has 0 N–H and O–H groups in total. The van der Waals surface area contributed by atoms with E-state index >= 15 is 0 Å². The molecule has 0 saturated carbocycles. The van der Waals surface area contributed by atoms with Crippen LogP contribution in [0.25, 0.3) is 0 Å². The van der Waals surface area contributed by atoms with Crippen LogP contribution < -0.4 is 4.74 Å². The molecule has 0 aromatic heterocycles. The van der Waals surface area contributed by atoms with Crippen molar-refractivity contribution in [1.29, 1.82) is 0 Å². The van der Waals surface area contributed by atoms with E-state index in [2.05, 4.69) is 27.8 Å². The number of piperazine rings is 1.